The highest BCUT2D eigenvalue weighted by molar-refractivity contribution is 7.89. The van der Waals surface area contributed by atoms with E-state index in [-0.39, 0.29) is 10.8 Å². The van der Waals surface area contributed by atoms with E-state index in [4.69, 9.17) is 0 Å². The van der Waals surface area contributed by atoms with Crippen LogP contribution in [0.4, 0.5) is 0 Å². The molecule has 0 radical (unpaired) electrons. The van der Waals surface area contributed by atoms with Crippen molar-refractivity contribution in [1.82, 2.24) is 9.62 Å². The van der Waals surface area contributed by atoms with Crippen LogP contribution in [0.5, 0.6) is 0 Å². The van der Waals surface area contributed by atoms with E-state index in [1.165, 1.54) is 17.7 Å². The predicted molar refractivity (Wildman–Crippen MR) is 115 cm³/mol. The fraction of sp³-hybridized carbons (Fsp3) is 0.435. The van der Waals surface area contributed by atoms with Gasteiger partial charge in [0.15, 0.2) is 0 Å². The van der Waals surface area contributed by atoms with Gasteiger partial charge in [-0.1, -0.05) is 49.7 Å². The molecular weight excluding hydrogens is 384 g/mol. The van der Waals surface area contributed by atoms with Gasteiger partial charge in [-0.15, -0.1) is 0 Å². The molecule has 0 saturated carbocycles. The number of nitrogens with zero attached hydrogens (tertiary/aromatic N) is 1. The van der Waals surface area contributed by atoms with Crippen LogP contribution in [-0.2, 0) is 16.4 Å². The molecule has 2 aromatic carbocycles. The van der Waals surface area contributed by atoms with E-state index in [1.54, 1.807) is 12.1 Å². The van der Waals surface area contributed by atoms with Crippen LogP contribution >= 0.6 is 0 Å². The monoisotopic (exact) mass is 414 g/mol. The predicted octanol–water partition coefficient (Wildman–Crippen LogP) is 3.86. The highest BCUT2D eigenvalue weighted by Crippen LogP contribution is 2.23. The van der Waals surface area contributed by atoms with Crippen molar-refractivity contribution in [2.75, 3.05) is 19.6 Å². The Morgan fingerprint density at radius 3 is 2.48 bits per heavy atom. The quantitative estimate of drug-likeness (QED) is 0.667. The maximum absolute atomic E-state index is 12.9. The van der Waals surface area contributed by atoms with Crippen molar-refractivity contribution in [3.05, 3.63) is 65.7 Å². The van der Waals surface area contributed by atoms with Gasteiger partial charge in [0.1, 0.15) is 0 Å². The summed E-state index contributed by atoms with van der Waals surface area (Å²) >= 11 is 0. The lowest BCUT2D eigenvalue weighted by atomic mass is 9.90. The molecule has 0 unspecified atom stereocenters. The summed E-state index contributed by atoms with van der Waals surface area (Å²) in [6.07, 6.45) is 4.69. The Balaban J connectivity index is 1.60. The minimum Gasteiger partial charge on any atom is -0.339 e. The Morgan fingerprint density at radius 1 is 1.07 bits per heavy atom. The van der Waals surface area contributed by atoms with Crippen LogP contribution < -0.4 is 4.72 Å². The summed E-state index contributed by atoms with van der Waals surface area (Å²) in [4.78, 5) is 14.9. The van der Waals surface area contributed by atoms with Crippen molar-refractivity contribution in [1.29, 1.82) is 0 Å². The molecule has 0 spiro atoms. The van der Waals surface area contributed by atoms with E-state index in [0.29, 0.717) is 31.1 Å². The Bertz CT molecular complexity index is 905. The number of sulfonamides is 1. The van der Waals surface area contributed by atoms with Gasteiger partial charge in [0, 0.05) is 25.2 Å². The molecule has 2 aromatic rings. The van der Waals surface area contributed by atoms with Crippen LogP contribution in [0, 0.1) is 5.92 Å². The van der Waals surface area contributed by atoms with Crippen molar-refractivity contribution in [3.8, 4) is 0 Å². The van der Waals surface area contributed by atoms with Gasteiger partial charge in [-0.25, -0.2) is 13.1 Å². The largest absolute Gasteiger partial charge is 0.339 e. The van der Waals surface area contributed by atoms with Gasteiger partial charge in [0.05, 0.1) is 4.90 Å². The average molecular weight is 415 g/mol. The molecule has 1 heterocycles. The topological polar surface area (TPSA) is 66.5 Å². The molecule has 1 saturated heterocycles. The number of benzene rings is 2. The van der Waals surface area contributed by atoms with Crippen molar-refractivity contribution < 1.29 is 13.2 Å². The molecule has 156 valence electrons. The van der Waals surface area contributed by atoms with E-state index in [1.807, 2.05) is 17.9 Å². The lowest BCUT2D eigenvalue weighted by Crippen LogP contribution is -2.39. The van der Waals surface area contributed by atoms with Gasteiger partial charge in [-0.2, -0.15) is 0 Å². The second kappa shape index (κ2) is 10.0. The second-order valence-corrected chi connectivity index (χ2v) is 9.47. The third-order valence-electron chi connectivity index (χ3n) is 5.48. The van der Waals surface area contributed by atoms with E-state index in [2.05, 4.69) is 29.0 Å². The number of piperidine rings is 1. The standard InChI is InChI=1S/C23H30N2O3S/c1-2-3-14-24-29(27,28)22-11-7-10-21(18-22)23(26)25-15-12-20(13-16-25)17-19-8-5-4-6-9-19/h4-11,18,20,24H,2-3,12-17H2,1H3. The lowest BCUT2D eigenvalue weighted by Gasteiger charge is -2.32. The number of carbonyl (C=O) groups is 1. The molecule has 1 amide bonds. The minimum atomic E-state index is -3.58. The molecule has 0 aliphatic carbocycles. The Labute approximate surface area is 174 Å². The van der Waals surface area contributed by atoms with Gasteiger partial charge in [0.25, 0.3) is 5.91 Å². The highest BCUT2D eigenvalue weighted by atomic mass is 32.2. The van der Waals surface area contributed by atoms with Crippen LogP contribution in [0.1, 0.15) is 48.5 Å². The molecule has 6 heteroatoms. The number of unbranched alkanes of at least 4 members (excludes halogenated alkanes) is 1. The number of nitrogens with one attached hydrogen (secondary N) is 1. The van der Waals surface area contributed by atoms with Crippen molar-refractivity contribution in [3.63, 3.8) is 0 Å². The second-order valence-electron chi connectivity index (χ2n) is 7.70. The molecular formula is C23H30N2O3S. The Kier molecular flexibility index (Phi) is 7.45. The summed E-state index contributed by atoms with van der Waals surface area (Å²) in [5.41, 5.74) is 1.77. The van der Waals surface area contributed by atoms with Crippen LogP contribution in [0.25, 0.3) is 0 Å². The van der Waals surface area contributed by atoms with Crippen molar-refractivity contribution >= 4 is 15.9 Å². The van der Waals surface area contributed by atoms with Gasteiger partial charge in [-0.05, 0) is 55.4 Å². The summed E-state index contributed by atoms with van der Waals surface area (Å²) in [6, 6.07) is 16.8. The number of amides is 1. The summed E-state index contributed by atoms with van der Waals surface area (Å²) in [6.45, 7) is 3.84. The number of hydrogen-bond donors (Lipinski definition) is 1. The van der Waals surface area contributed by atoms with E-state index < -0.39 is 10.0 Å². The zero-order valence-corrected chi connectivity index (χ0v) is 17.8. The summed E-state index contributed by atoms with van der Waals surface area (Å²) in [5, 5.41) is 0. The molecule has 3 rings (SSSR count). The lowest BCUT2D eigenvalue weighted by molar-refractivity contribution is 0.0690. The summed E-state index contributed by atoms with van der Waals surface area (Å²) in [7, 11) is -3.58. The third-order valence-corrected chi connectivity index (χ3v) is 6.94. The maximum Gasteiger partial charge on any atom is 0.253 e. The molecule has 1 aliphatic heterocycles. The first-order valence-electron chi connectivity index (χ1n) is 10.4. The number of likely N-dealkylation sites (tertiary alicyclic amines) is 1. The van der Waals surface area contributed by atoms with Crippen LogP contribution in [-0.4, -0.2) is 38.9 Å². The molecule has 5 nitrogen and oxygen atoms in total. The number of carbonyl (C=O) groups excluding carboxylic acids is 1. The van der Waals surface area contributed by atoms with E-state index in [0.717, 1.165) is 32.1 Å². The first-order valence-corrected chi connectivity index (χ1v) is 11.9. The van der Waals surface area contributed by atoms with Crippen LogP contribution in [0.15, 0.2) is 59.5 Å². The van der Waals surface area contributed by atoms with Crippen molar-refractivity contribution in [2.24, 2.45) is 5.92 Å². The maximum atomic E-state index is 12.9. The molecule has 1 fully saturated rings. The number of hydrogen-bond acceptors (Lipinski definition) is 3. The smallest absolute Gasteiger partial charge is 0.253 e. The normalized spacial score (nSPS) is 15.4. The molecule has 0 aromatic heterocycles. The SMILES string of the molecule is CCCCNS(=O)(=O)c1cccc(C(=O)N2CCC(Cc3ccccc3)CC2)c1. The van der Waals surface area contributed by atoms with Gasteiger partial charge >= 0.3 is 0 Å². The summed E-state index contributed by atoms with van der Waals surface area (Å²) < 4.78 is 27.5. The van der Waals surface area contributed by atoms with Gasteiger partial charge < -0.3 is 4.90 Å². The van der Waals surface area contributed by atoms with E-state index >= 15 is 0 Å². The first kappa shape index (κ1) is 21.5. The third kappa shape index (κ3) is 5.90. The molecule has 1 N–H and O–H groups in total. The fourth-order valence-electron chi connectivity index (χ4n) is 3.73. The molecule has 0 atom stereocenters. The first-order chi connectivity index (χ1) is 14.0. The van der Waals surface area contributed by atoms with E-state index in [9.17, 15) is 13.2 Å². The minimum absolute atomic E-state index is 0.0891. The zero-order chi connectivity index (χ0) is 20.7. The Morgan fingerprint density at radius 2 is 1.79 bits per heavy atom. The van der Waals surface area contributed by atoms with Gasteiger partial charge in [0.2, 0.25) is 10.0 Å². The molecule has 0 bridgehead atoms. The number of rotatable bonds is 8. The van der Waals surface area contributed by atoms with Crippen molar-refractivity contribution in [2.45, 2.75) is 43.9 Å². The average Bonchev–Trinajstić information content (AvgIpc) is 2.75. The molecule has 29 heavy (non-hydrogen) atoms. The molecule has 1 aliphatic rings. The van der Waals surface area contributed by atoms with Gasteiger partial charge in [-0.3, -0.25) is 4.79 Å². The zero-order valence-electron chi connectivity index (χ0n) is 17.0. The Hall–Kier alpha value is -2.18. The highest BCUT2D eigenvalue weighted by Gasteiger charge is 2.25. The van der Waals surface area contributed by atoms with Crippen LogP contribution in [0.2, 0.25) is 0 Å². The summed E-state index contributed by atoms with van der Waals surface area (Å²) in [5.74, 6) is 0.490. The van der Waals surface area contributed by atoms with Crippen LogP contribution in [0.3, 0.4) is 0 Å². The fourth-order valence-corrected chi connectivity index (χ4v) is 4.85.